The van der Waals surface area contributed by atoms with Crippen molar-refractivity contribution in [1.82, 2.24) is 9.80 Å². The van der Waals surface area contributed by atoms with Crippen LogP contribution in [0.15, 0.2) is 0 Å². The van der Waals surface area contributed by atoms with Crippen LogP contribution in [-0.2, 0) is 9.59 Å². The van der Waals surface area contributed by atoms with E-state index in [0.29, 0.717) is 32.2 Å². The number of rotatable bonds is 7. The lowest BCUT2D eigenvalue weighted by atomic mass is 9.80. The van der Waals surface area contributed by atoms with Gasteiger partial charge in [-0.05, 0) is 32.6 Å². The minimum Gasteiger partial charge on any atom is -0.341 e. The molecule has 0 radical (unpaired) electrons. The van der Waals surface area contributed by atoms with Crippen molar-refractivity contribution in [3.63, 3.8) is 0 Å². The van der Waals surface area contributed by atoms with Gasteiger partial charge >= 0.3 is 6.18 Å². The van der Waals surface area contributed by atoms with E-state index in [0.717, 1.165) is 4.90 Å². The van der Waals surface area contributed by atoms with Crippen molar-refractivity contribution in [1.29, 1.82) is 0 Å². The van der Waals surface area contributed by atoms with Gasteiger partial charge < -0.3 is 15.5 Å². The van der Waals surface area contributed by atoms with E-state index in [1.54, 1.807) is 4.90 Å². The fourth-order valence-corrected chi connectivity index (χ4v) is 3.45. The molecule has 5 nitrogen and oxygen atoms in total. The zero-order valence-electron chi connectivity index (χ0n) is 15.4. The van der Waals surface area contributed by atoms with Gasteiger partial charge in [0.1, 0.15) is 6.54 Å². The van der Waals surface area contributed by atoms with Crippen LogP contribution < -0.4 is 5.73 Å². The Balaban J connectivity index is 2.85. The van der Waals surface area contributed by atoms with E-state index >= 15 is 0 Å². The molecule has 1 rings (SSSR count). The second kappa shape index (κ2) is 8.87. The number of alkyl halides is 3. The van der Waals surface area contributed by atoms with Gasteiger partial charge in [0, 0.05) is 26.2 Å². The smallest absolute Gasteiger partial charge is 0.341 e. The summed E-state index contributed by atoms with van der Waals surface area (Å²) in [7, 11) is 0. The van der Waals surface area contributed by atoms with Crippen molar-refractivity contribution in [2.75, 3.05) is 32.7 Å². The molecular formula is C17H30F3N3O2. The lowest BCUT2D eigenvalue weighted by molar-refractivity contribution is -0.165. The number of hydrogen-bond donors (Lipinski definition) is 1. The van der Waals surface area contributed by atoms with Crippen LogP contribution in [0.3, 0.4) is 0 Å². The first-order valence-corrected chi connectivity index (χ1v) is 8.99. The fraction of sp³-hybridized carbons (Fsp3) is 0.882. The quantitative estimate of drug-likeness (QED) is 0.753. The highest BCUT2D eigenvalue weighted by Crippen LogP contribution is 2.31. The summed E-state index contributed by atoms with van der Waals surface area (Å²) >= 11 is 0. The Hall–Kier alpha value is -1.31. The molecule has 1 aliphatic heterocycles. The second-order valence-corrected chi connectivity index (χ2v) is 6.75. The Kier molecular flexibility index (Phi) is 7.71. The van der Waals surface area contributed by atoms with Crippen LogP contribution in [0.1, 0.15) is 46.5 Å². The molecule has 0 aromatic carbocycles. The van der Waals surface area contributed by atoms with Gasteiger partial charge in [-0.2, -0.15) is 13.2 Å². The Bertz CT molecular complexity index is 456. The van der Waals surface area contributed by atoms with Gasteiger partial charge in [0.15, 0.2) is 0 Å². The van der Waals surface area contributed by atoms with E-state index in [1.165, 1.54) is 6.92 Å². The molecule has 146 valence electrons. The molecule has 2 N–H and O–H groups in total. The average molecular weight is 365 g/mol. The summed E-state index contributed by atoms with van der Waals surface area (Å²) in [4.78, 5) is 27.8. The first kappa shape index (κ1) is 21.7. The van der Waals surface area contributed by atoms with Gasteiger partial charge in [-0.1, -0.05) is 13.8 Å². The second-order valence-electron chi connectivity index (χ2n) is 6.75. The number of halogens is 3. The van der Waals surface area contributed by atoms with E-state index in [-0.39, 0.29) is 25.5 Å². The molecule has 1 fully saturated rings. The van der Waals surface area contributed by atoms with Crippen LogP contribution in [0, 0.1) is 11.3 Å². The zero-order chi connectivity index (χ0) is 19.3. The van der Waals surface area contributed by atoms with Gasteiger partial charge in [-0.25, -0.2) is 0 Å². The van der Waals surface area contributed by atoms with Gasteiger partial charge in [-0.15, -0.1) is 0 Å². The maximum Gasteiger partial charge on any atom is 0.406 e. The molecule has 8 heteroatoms. The molecule has 1 atom stereocenters. The van der Waals surface area contributed by atoms with Crippen molar-refractivity contribution in [2.24, 2.45) is 17.1 Å². The standard InChI is InChI=1S/C17H30F3N3O2/c1-4-16(5-2,11-21)15(25)23-9-7-8-13(10-23)14(24)22(6-3)12-17(18,19)20/h13H,4-12,21H2,1-3H3. The highest BCUT2D eigenvalue weighted by molar-refractivity contribution is 5.85. The Labute approximate surface area is 147 Å². The van der Waals surface area contributed by atoms with Gasteiger partial charge in [0.25, 0.3) is 0 Å². The topological polar surface area (TPSA) is 66.6 Å². The summed E-state index contributed by atoms with van der Waals surface area (Å²) in [6.07, 6.45) is -2.11. The van der Waals surface area contributed by atoms with E-state index in [4.69, 9.17) is 5.73 Å². The molecule has 0 bridgehead atoms. The summed E-state index contributed by atoms with van der Waals surface area (Å²) in [5, 5.41) is 0. The highest BCUT2D eigenvalue weighted by atomic mass is 19.4. The van der Waals surface area contributed by atoms with E-state index in [1.807, 2.05) is 13.8 Å². The van der Waals surface area contributed by atoms with Crippen molar-refractivity contribution in [3.05, 3.63) is 0 Å². The lowest BCUT2D eigenvalue weighted by Crippen LogP contribution is -2.53. The van der Waals surface area contributed by atoms with Crippen molar-refractivity contribution in [3.8, 4) is 0 Å². The van der Waals surface area contributed by atoms with E-state index in [9.17, 15) is 22.8 Å². The van der Waals surface area contributed by atoms with Crippen molar-refractivity contribution in [2.45, 2.75) is 52.6 Å². The molecule has 2 amide bonds. The molecule has 1 heterocycles. The minimum absolute atomic E-state index is 0.000548. The summed E-state index contributed by atoms with van der Waals surface area (Å²) in [6.45, 7) is 5.02. The van der Waals surface area contributed by atoms with Gasteiger partial charge in [0.2, 0.25) is 11.8 Å². The lowest BCUT2D eigenvalue weighted by Gasteiger charge is -2.40. The van der Waals surface area contributed by atoms with Crippen LogP contribution in [0.25, 0.3) is 0 Å². The number of carbonyl (C=O) groups is 2. The molecule has 1 saturated heterocycles. The van der Waals surface area contributed by atoms with Crippen LogP contribution in [-0.4, -0.2) is 60.5 Å². The molecule has 0 aromatic heterocycles. The van der Waals surface area contributed by atoms with Crippen molar-refractivity contribution >= 4 is 11.8 Å². The van der Waals surface area contributed by atoms with Crippen LogP contribution in [0.2, 0.25) is 0 Å². The number of amides is 2. The number of likely N-dealkylation sites (tertiary alicyclic amines) is 1. The first-order chi connectivity index (χ1) is 11.6. The van der Waals surface area contributed by atoms with E-state index in [2.05, 4.69) is 0 Å². The molecular weight excluding hydrogens is 335 g/mol. The van der Waals surface area contributed by atoms with Gasteiger partial charge in [0.05, 0.1) is 11.3 Å². The predicted octanol–water partition coefficient (Wildman–Crippen LogP) is 2.40. The maximum absolute atomic E-state index is 12.9. The molecule has 0 aromatic rings. The Morgan fingerprint density at radius 2 is 1.80 bits per heavy atom. The summed E-state index contributed by atoms with van der Waals surface area (Å²) < 4.78 is 37.9. The monoisotopic (exact) mass is 365 g/mol. The molecule has 0 spiro atoms. The third-order valence-corrected chi connectivity index (χ3v) is 5.32. The highest BCUT2D eigenvalue weighted by Gasteiger charge is 2.41. The molecule has 0 aliphatic carbocycles. The third kappa shape index (κ3) is 5.33. The fourth-order valence-electron chi connectivity index (χ4n) is 3.45. The first-order valence-electron chi connectivity index (χ1n) is 8.99. The Morgan fingerprint density at radius 1 is 1.20 bits per heavy atom. The summed E-state index contributed by atoms with van der Waals surface area (Å²) in [6, 6.07) is 0. The van der Waals surface area contributed by atoms with Gasteiger partial charge in [-0.3, -0.25) is 9.59 Å². The van der Waals surface area contributed by atoms with Crippen LogP contribution in [0.5, 0.6) is 0 Å². The van der Waals surface area contributed by atoms with Crippen LogP contribution >= 0.6 is 0 Å². The summed E-state index contributed by atoms with van der Waals surface area (Å²) in [5.41, 5.74) is 5.17. The number of hydrogen-bond acceptors (Lipinski definition) is 3. The average Bonchev–Trinajstić information content (AvgIpc) is 2.60. The summed E-state index contributed by atoms with van der Waals surface area (Å²) in [5.74, 6) is -1.19. The molecule has 1 aliphatic rings. The zero-order valence-corrected chi connectivity index (χ0v) is 15.4. The van der Waals surface area contributed by atoms with Crippen LogP contribution in [0.4, 0.5) is 13.2 Å². The molecule has 0 saturated carbocycles. The SMILES string of the molecule is CCN(CC(F)(F)F)C(=O)C1CCCN(C(=O)C(CC)(CC)CN)C1. The molecule has 1 unspecified atom stereocenters. The number of piperidine rings is 1. The number of nitrogens with two attached hydrogens (primary N) is 1. The van der Waals surface area contributed by atoms with E-state index < -0.39 is 30.0 Å². The predicted molar refractivity (Wildman–Crippen MR) is 89.7 cm³/mol. The largest absolute Gasteiger partial charge is 0.406 e. The third-order valence-electron chi connectivity index (χ3n) is 5.32. The Morgan fingerprint density at radius 3 is 2.24 bits per heavy atom. The number of carbonyl (C=O) groups excluding carboxylic acids is 2. The maximum atomic E-state index is 12.9. The normalized spacial score (nSPS) is 19.0. The minimum atomic E-state index is -4.42. The number of nitrogens with zero attached hydrogens (tertiary/aromatic N) is 2. The molecule has 25 heavy (non-hydrogen) atoms. The van der Waals surface area contributed by atoms with Crippen molar-refractivity contribution < 1.29 is 22.8 Å².